The number of hydrogen-bond donors (Lipinski definition) is 0. The van der Waals surface area contributed by atoms with Gasteiger partial charge in [0.1, 0.15) is 11.6 Å². The molecule has 1 fully saturated rings. The van der Waals surface area contributed by atoms with Gasteiger partial charge in [0.2, 0.25) is 0 Å². The van der Waals surface area contributed by atoms with Crippen molar-refractivity contribution in [3.05, 3.63) is 71.5 Å². The van der Waals surface area contributed by atoms with Crippen LogP contribution >= 0.6 is 0 Å². The number of nitrogens with zero attached hydrogens (tertiary/aromatic N) is 3. The molecule has 140 valence electrons. The SMILES string of the molecule is COc1ccc(CN2CCC(n3c(C)cnc3-c3ccccc3)C2)cc1C. The van der Waals surface area contributed by atoms with Crippen LogP contribution in [0.3, 0.4) is 0 Å². The summed E-state index contributed by atoms with van der Waals surface area (Å²) < 4.78 is 7.81. The van der Waals surface area contributed by atoms with E-state index in [0.717, 1.165) is 37.6 Å². The first kappa shape index (κ1) is 17.8. The highest BCUT2D eigenvalue weighted by atomic mass is 16.5. The molecular formula is C23H27N3O. The minimum absolute atomic E-state index is 0.474. The minimum atomic E-state index is 0.474. The highest BCUT2D eigenvalue weighted by Gasteiger charge is 2.27. The Morgan fingerprint density at radius 1 is 1.11 bits per heavy atom. The smallest absolute Gasteiger partial charge is 0.140 e. The van der Waals surface area contributed by atoms with Gasteiger partial charge < -0.3 is 9.30 Å². The van der Waals surface area contributed by atoms with E-state index in [1.165, 1.54) is 22.4 Å². The number of imidazole rings is 1. The van der Waals surface area contributed by atoms with E-state index in [1.54, 1.807) is 7.11 Å². The van der Waals surface area contributed by atoms with E-state index in [1.807, 2.05) is 6.20 Å². The Kier molecular flexibility index (Phi) is 4.99. The maximum atomic E-state index is 5.38. The standard InChI is InChI=1S/C23H27N3O/c1-17-13-19(9-10-22(17)27-3)15-25-12-11-21(16-25)26-18(2)14-24-23(26)20-7-5-4-6-8-20/h4-10,13-14,21H,11-12,15-16H2,1-3H3. The highest BCUT2D eigenvalue weighted by molar-refractivity contribution is 5.56. The van der Waals surface area contributed by atoms with Gasteiger partial charge in [-0.3, -0.25) is 4.90 Å². The van der Waals surface area contributed by atoms with Gasteiger partial charge in [-0.15, -0.1) is 0 Å². The van der Waals surface area contributed by atoms with Crippen LogP contribution in [0, 0.1) is 13.8 Å². The lowest BCUT2D eigenvalue weighted by atomic mass is 10.1. The Bertz CT molecular complexity index is 917. The lowest BCUT2D eigenvalue weighted by molar-refractivity contribution is 0.315. The number of aryl methyl sites for hydroxylation is 2. The summed E-state index contributed by atoms with van der Waals surface area (Å²) in [5.41, 5.74) is 4.97. The monoisotopic (exact) mass is 361 g/mol. The van der Waals surface area contributed by atoms with E-state index in [-0.39, 0.29) is 0 Å². The van der Waals surface area contributed by atoms with Gasteiger partial charge in [-0.25, -0.2) is 4.98 Å². The summed E-state index contributed by atoms with van der Waals surface area (Å²) in [5, 5.41) is 0. The van der Waals surface area contributed by atoms with Crippen LogP contribution in [0.4, 0.5) is 0 Å². The number of ether oxygens (including phenoxy) is 1. The molecule has 0 radical (unpaired) electrons. The number of methoxy groups -OCH3 is 1. The number of benzene rings is 2. The van der Waals surface area contributed by atoms with Crippen LogP contribution in [0.15, 0.2) is 54.7 Å². The van der Waals surface area contributed by atoms with Gasteiger partial charge >= 0.3 is 0 Å². The first-order valence-electron chi connectivity index (χ1n) is 9.61. The molecule has 0 saturated carbocycles. The van der Waals surface area contributed by atoms with Gasteiger partial charge in [-0.05, 0) is 37.5 Å². The van der Waals surface area contributed by atoms with Crippen LogP contribution in [0.5, 0.6) is 5.75 Å². The van der Waals surface area contributed by atoms with Gasteiger partial charge in [0.15, 0.2) is 0 Å². The molecule has 1 aromatic heterocycles. The third kappa shape index (κ3) is 3.62. The summed E-state index contributed by atoms with van der Waals surface area (Å²) in [6.45, 7) is 7.42. The molecule has 2 heterocycles. The van der Waals surface area contributed by atoms with Gasteiger partial charge in [0.25, 0.3) is 0 Å². The first-order valence-corrected chi connectivity index (χ1v) is 9.61. The predicted molar refractivity (Wildman–Crippen MR) is 109 cm³/mol. The lowest BCUT2D eigenvalue weighted by Crippen LogP contribution is -2.22. The maximum absolute atomic E-state index is 5.38. The molecule has 0 bridgehead atoms. The largest absolute Gasteiger partial charge is 0.496 e. The second kappa shape index (κ2) is 7.57. The lowest BCUT2D eigenvalue weighted by Gasteiger charge is -2.20. The van der Waals surface area contributed by atoms with E-state index in [4.69, 9.17) is 9.72 Å². The van der Waals surface area contributed by atoms with Crippen LogP contribution in [-0.2, 0) is 6.54 Å². The summed E-state index contributed by atoms with van der Waals surface area (Å²) in [4.78, 5) is 7.24. The Labute approximate surface area is 161 Å². The minimum Gasteiger partial charge on any atom is -0.496 e. The molecule has 0 amide bonds. The summed E-state index contributed by atoms with van der Waals surface area (Å²) in [5.74, 6) is 2.04. The van der Waals surface area contributed by atoms with Crippen molar-refractivity contribution in [3.63, 3.8) is 0 Å². The molecule has 4 nitrogen and oxygen atoms in total. The van der Waals surface area contributed by atoms with E-state index in [9.17, 15) is 0 Å². The predicted octanol–water partition coefficient (Wildman–Crippen LogP) is 4.62. The maximum Gasteiger partial charge on any atom is 0.140 e. The molecule has 1 unspecified atom stereocenters. The molecule has 4 heteroatoms. The van der Waals surface area contributed by atoms with Crippen molar-refractivity contribution in [3.8, 4) is 17.1 Å². The second-order valence-corrected chi connectivity index (χ2v) is 7.44. The van der Waals surface area contributed by atoms with E-state index < -0.39 is 0 Å². The van der Waals surface area contributed by atoms with Gasteiger partial charge in [0, 0.05) is 43.1 Å². The average Bonchev–Trinajstić information content (AvgIpc) is 3.29. The van der Waals surface area contributed by atoms with E-state index in [2.05, 4.69) is 71.8 Å². The first-order chi connectivity index (χ1) is 13.2. The number of aromatic nitrogens is 2. The molecule has 1 saturated heterocycles. The zero-order valence-electron chi connectivity index (χ0n) is 16.4. The number of likely N-dealkylation sites (tertiary alicyclic amines) is 1. The van der Waals surface area contributed by atoms with Crippen LogP contribution in [-0.4, -0.2) is 34.7 Å². The third-order valence-corrected chi connectivity index (χ3v) is 5.49. The molecule has 3 aromatic rings. The highest BCUT2D eigenvalue weighted by Crippen LogP contribution is 2.30. The van der Waals surface area contributed by atoms with E-state index >= 15 is 0 Å². The summed E-state index contributed by atoms with van der Waals surface area (Å²) >= 11 is 0. The molecule has 27 heavy (non-hydrogen) atoms. The molecule has 0 N–H and O–H groups in total. The van der Waals surface area contributed by atoms with Crippen LogP contribution < -0.4 is 4.74 Å². The Morgan fingerprint density at radius 3 is 2.67 bits per heavy atom. The van der Waals surface area contributed by atoms with Gasteiger partial charge in [0.05, 0.1) is 7.11 Å². The van der Waals surface area contributed by atoms with Crippen molar-refractivity contribution in [1.82, 2.24) is 14.5 Å². The fourth-order valence-corrected chi connectivity index (χ4v) is 4.17. The van der Waals surface area contributed by atoms with Crippen molar-refractivity contribution in [1.29, 1.82) is 0 Å². The zero-order valence-corrected chi connectivity index (χ0v) is 16.4. The van der Waals surface area contributed by atoms with Crippen molar-refractivity contribution in [2.45, 2.75) is 32.9 Å². The number of rotatable bonds is 5. The quantitative estimate of drug-likeness (QED) is 0.664. The molecular weight excluding hydrogens is 334 g/mol. The topological polar surface area (TPSA) is 30.3 Å². The molecule has 4 rings (SSSR count). The normalized spacial score (nSPS) is 17.4. The summed E-state index contributed by atoms with van der Waals surface area (Å²) in [6, 6.07) is 17.5. The van der Waals surface area contributed by atoms with E-state index in [0.29, 0.717) is 6.04 Å². The summed E-state index contributed by atoms with van der Waals surface area (Å²) in [6.07, 6.45) is 3.16. The molecule has 1 atom stereocenters. The Hall–Kier alpha value is -2.59. The van der Waals surface area contributed by atoms with Crippen LogP contribution in [0.2, 0.25) is 0 Å². The Morgan fingerprint density at radius 2 is 1.93 bits per heavy atom. The Balaban J connectivity index is 1.51. The van der Waals surface area contributed by atoms with Gasteiger partial charge in [-0.2, -0.15) is 0 Å². The molecule has 1 aliphatic heterocycles. The molecule has 0 spiro atoms. The zero-order chi connectivity index (χ0) is 18.8. The molecule has 0 aliphatic carbocycles. The fourth-order valence-electron chi connectivity index (χ4n) is 4.17. The second-order valence-electron chi connectivity index (χ2n) is 7.44. The fraction of sp³-hybridized carbons (Fsp3) is 0.348. The third-order valence-electron chi connectivity index (χ3n) is 5.49. The molecule has 1 aliphatic rings. The average molecular weight is 361 g/mol. The van der Waals surface area contributed by atoms with Crippen molar-refractivity contribution >= 4 is 0 Å². The number of hydrogen-bond acceptors (Lipinski definition) is 3. The van der Waals surface area contributed by atoms with Crippen LogP contribution in [0.1, 0.15) is 29.3 Å². The van der Waals surface area contributed by atoms with Crippen molar-refractivity contribution in [2.75, 3.05) is 20.2 Å². The van der Waals surface area contributed by atoms with Crippen molar-refractivity contribution < 1.29 is 4.74 Å². The van der Waals surface area contributed by atoms with Crippen molar-refractivity contribution in [2.24, 2.45) is 0 Å². The molecule has 2 aromatic carbocycles. The van der Waals surface area contributed by atoms with Crippen LogP contribution in [0.25, 0.3) is 11.4 Å². The van der Waals surface area contributed by atoms with Gasteiger partial charge in [-0.1, -0.05) is 42.5 Å². The summed E-state index contributed by atoms with van der Waals surface area (Å²) in [7, 11) is 1.73.